The van der Waals surface area contributed by atoms with Crippen LogP contribution in [0.4, 0.5) is 4.39 Å². The Kier molecular flexibility index (Phi) is 5.27. The molecule has 2 aromatic carbocycles. The van der Waals surface area contributed by atoms with Gasteiger partial charge in [-0.05, 0) is 35.7 Å². The number of imide groups is 1. The van der Waals surface area contributed by atoms with Crippen molar-refractivity contribution >= 4 is 28.3 Å². The number of hydrogen-bond donors (Lipinski definition) is 0. The van der Waals surface area contributed by atoms with E-state index in [9.17, 15) is 14.0 Å². The fraction of sp³-hybridized carbons (Fsp3) is 0.280. The molecule has 0 saturated carbocycles. The van der Waals surface area contributed by atoms with Crippen LogP contribution < -0.4 is 0 Å². The van der Waals surface area contributed by atoms with Gasteiger partial charge >= 0.3 is 0 Å². The van der Waals surface area contributed by atoms with Crippen LogP contribution in [0.5, 0.6) is 0 Å². The van der Waals surface area contributed by atoms with Gasteiger partial charge in [0.1, 0.15) is 11.5 Å². The van der Waals surface area contributed by atoms with Crippen molar-refractivity contribution < 1.29 is 18.7 Å². The molecule has 7 heteroatoms. The summed E-state index contributed by atoms with van der Waals surface area (Å²) >= 11 is 0. The molecule has 0 aliphatic carbocycles. The van der Waals surface area contributed by atoms with Crippen molar-refractivity contribution in [2.24, 2.45) is 7.05 Å². The monoisotopic (exact) mass is 433 g/mol. The minimum Gasteiger partial charge on any atom is -0.378 e. The highest BCUT2D eigenvalue weighted by molar-refractivity contribution is 6.35. The second-order valence-electron chi connectivity index (χ2n) is 8.12. The smallest absolute Gasteiger partial charge is 0.277 e. The van der Waals surface area contributed by atoms with E-state index in [4.69, 9.17) is 4.74 Å². The number of carbonyl (C=O) groups is 2. The Morgan fingerprint density at radius 2 is 1.69 bits per heavy atom. The molecule has 2 aliphatic heterocycles. The first-order valence-electron chi connectivity index (χ1n) is 10.8. The van der Waals surface area contributed by atoms with Gasteiger partial charge in [0, 0.05) is 43.8 Å². The summed E-state index contributed by atoms with van der Waals surface area (Å²) in [5.41, 5.74) is 3.49. The third kappa shape index (κ3) is 3.48. The van der Waals surface area contributed by atoms with Gasteiger partial charge in [-0.1, -0.05) is 30.3 Å². The van der Waals surface area contributed by atoms with Crippen LogP contribution in [0.2, 0.25) is 0 Å². The van der Waals surface area contributed by atoms with E-state index in [0.29, 0.717) is 49.6 Å². The predicted octanol–water partition coefficient (Wildman–Crippen LogP) is 2.97. The van der Waals surface area contributed by atoms with Crippen molar-refractivity contribution in [3.05, 3.63) is 77.4 Å². The highest BCUT2D eigenvalue weighted by Gasteiger charge is 2.41. The number of hydrogen-bond acceptors (Lipinski definition) is 4. The lowest BCUT2D eigenvalue weighted by Crippen LogP contribution is -2.40. The Morgan fingerprint density at radius 1 is 0.969 bits per heavy atom. The van der Waals surface area contributed by atoms with Crippen LogP contribution in [0.15, 0.2) is 60.4 Å². The number of benzene rings is 2. The number of aromatic nitrogens is 1. The fourth-order valence-corrected chi connectivity index (χ4v) is 4.58. The van der Waals surface area contributed by atoms with Gasteiger partial charge in [-0.2, -0.15) is 0 Å². The molecule has 0 spiro atoms. The van der Waals surface area contributed by atoms with Crippen molar-refractivity contribution in [3.63, 3.8) is 0 Å². The summed E-state index contributed by atoms with van der Waals surface area (Å²) in [6.45, 7) is 2.35. The van der Waals surface area contributed by atoms with Gasteiger partial charge in [-0.3, -0.25) is 14.5 Å². The minimum absolute atomic E-state index is 0.282. The molecule has 2 amide bonds. The number of morpholine rings is 1. The van der Waals surface area contributed by atoms with Crippen LogP contribution >= 0.6 is 0 Å². The summed E-state index contributed by atoms with van der Waals surface area (Å²) in [5.74, 6) is -1.01. The average Bonchev–Trinajstić information content (AvgIpc) is 3.27. The van der Waals surface area contributed by atoms with Crippen molar-refractivity contribution in [2.45, 2.75) is 6.42 Å². The Balaban J connectivity index is 1.46. The summed E-state index contributed by atoms with van der Waals surface area (Å²) in [6, 6.07) is 13.8. The second kappa shape index (κ2) is 8.24. The van der Waals surface area contributed by atoms with E-state index in [1.54, 1.807) is 12.1 Å². The maximum atomic E-state index is 13.5. The lowest BCUT2D eigenvalue weighted by Gasteiger charge is -2.29. The summed E-state index contributed by atoms with van der Waals surface area (Å²) in [7, 11) is 1.99. The highest BCUT2D eigenvalue weighted by Crippen LogP contribution is 2.32. The summed E-state index contributed by atoms with van der Waals surface area (Å²) in [4.78, 5) is 30.1. The average molecular weight is 433 g/mol. The zero-order valence-electron chi connectivity index (χ0n) is 17.9. The number of halogens is 1. The predicted molar refractivity (Wildman–Crippen MR) is 119 cm³/mol. The number of amides is 2. The first kappa shape index (κ1) is 20.5. The molecule has 3 heterocycles. The molecule has 3 aromatic rings. The van der Waals surface area contributed by atoms with Gasteiger partial charge in [0.2, 0.25) is 0 Å². The normalized spacial score (nSPS) is 17.2. The van der Waals surface area contributed by atoms with Gasteiger partial charge in [0.05, 0.1) is 18.8 Å². The van der Waals surface area contributed by atoms with Gasteiger partial charge in [-0.25, -0.2) is 4.39 Å². The first-order chi connectivity index (χ1) is 15.5. The van der Waals surface area contributed by atoms with Gasteiger partial charge in [-0.15, -0.1) is 0 Å². The topological polar surface area (TPSA) is 54.8 Å². The van der Waals surface area contributed by atoms with Crippen LogP contribution in [0, 0.1) is 5.82 Å². The van der Waals surface area contributed by atoms with Gasteiger partial charge in [0.15, 0.2) is 0 Å². The Morgan fingerprint density at radius 3 is 2.44 bits per heavy atom. The van der Waals surface area contributed by atoms with E-state index >= 15 is 0 Å². The number of carbonyl (C=O) groups excluding carboxylic acids is 2. The third-order valence-corrected chi connectivity index (χ3v) is 6.19. The fourth-order valence-electron chi connectivity index (χ4n) is 4.58. The zero-order valence-corrected chi connectivity index (χ0v) is 17.9. The van der Waals surface area contributed by atoms with E-state index < -0.39 is 0 Å². The quantitative estimate of drug-likeness (QED) is 0.581. The number of rotatable bonds is 5. The van der Waals surface area contributed by atoms with Crippen LogP contribution in [-0.4, -0.2) is 59.0 Å². The van der Waals surface area contributed by atoms with E-state index in [0.717, 1.165) is 16.5 Å². The van der Waals surface area contributed by atoms with E-state index in [1.807, 2.05) is 30.3 Å². The molecule has 0 atom stereocenters. The van der Waals surface area contributed by atoms with E-state index in [1.165, 1.54) is 17.0 Å². The first-order valence-corrected chi connectivity index (χ1v) is 10.8. The molecular weight excluding hydrogens is 409 g/mol. The molecule has 0 radical (unpaired) electrons. The minimum atomic E-state index is -0.383. The van der Waals surface area contributed by atoms with Crippen molar-refractivity contribution in [1.82, 2.24) is 14.4 Å². The highest BCUT2D eigenvalue weighted by atomic mass is 19.1. The van der Waals surface area contributed by atoms with Crippen LogP contribution in [-0.2, 0) is 27.8 Å². The standard InChI is InChI=1S/C25H24FN3O3/c1-27-16-18(20-4-2-3-5-21(20)27)10-11-29-24(30)22(17-6-8-19(26)9-7-17)23(25(29)31)28-12-14-32-15-13-28/h2-9,16H,10-15H2,1H3. The van der Waals surface area contributed by atoms with Crippen LogP contribution in [0.3, 0.4) is 0 Å². The molecule has 1 aromatic heterocycles. The zero-order chi connectivity index (χ0) is 22.2. The molecule has 6 nitrogen and oxygen atoms in total. The maximum absolute atomic E-state index is 13.5. The molecule has 164 valence electrons. The number of para-hydroxylation sites is 1. The SMILES string of the molecule is Cn1cc(CCN2C(=O)C(c3ccc(F)cc3)=C(N3CCOCC3)C2=O)c2ccccc21. The number of fused-ring (bicyclic) bond motifs is 1. The Bertz CT molecular complexity index is 1220. The van der Waals surface area contributed by atoms with Gasteiger partial charge < -0.3 is 14.2 Å². The third-order valence-electron chi connectivity index (χ3n) is 6.19. The van der Waals surface area contributed by atoms with Crippen LogP contribution in [0.25, 0.3) is 16.5 Å². The largest absolute Gasteiger partial charge is 0.378 e. The molecule has 0 bridgehead atoms. The number of aryl methyl sites for hydroxylation is 1. The van der Waals surface area contributed by atoms with Crippen molar-refractivity contribution in [3.8, 4) is 0 Å². The van der Waals surface area contributed by atoms with Gasteiger partial charge in [0.25, 0.3) is 11.8 Å². The molecular formula is C25H24FN3O3. The number of ether oxygens (including phenoxy) is 1. The molecule has 5 rings (SSSR count). The van der Waals surface area contributed by atoms with E-state index in [2.05, 4.69) is 16.7 Å². The van der Waals surface area contributed by atoms with Crippen molar-refractivity contribution in [1.29, 1.82) is 0 Å². The van der Waals surface area contributed by atoms with E-state index in [-0.39, 0.29) is 24.2 Å². The summed E-state index contributed by atoms with van der Waals surface area (Å²) < 4.78 is 21.0. The molecule has 0 N–H and O–H groups in total. The summed E-state index contributed by atoms with van der Waals surface area (Å²) in [5, 5.41) is 1.12. The Labute approximate surface area is 185 Å². The molecule has 32 heavy (non-hydrogen) atoms. The second-order valence-corrected chi connectivity index (χ2v) is 8.12. The molecule has 0 unspecified atom stereocenters. The Hall–Kier alpha value is -3.45. The maximum Gasteiger partial charge on any atom is 0.277 e. The lowest BCUT2D eigenvalue weighted by atomic mass is 10.0. The number of nitrogens with zero attached hydrogens (tertiary/aromatic N) is 3. The summed E-state index contributed by atoms with van der Waals surface area (Å²) in [6.07, 6.45) is 2.61. The molecule has 1 fully saturated rings. The van der Waals surface area contributed by atoms with Crippen LogP contribution in [0.1, 0.15) is 11.1 Å². The molecule has 1 saturated heterocycles. The lowest BCUT2D eigenvalue weighted by molar-refractivity contribution is -0.137. The molecule has 2 aliphatic rings. The van der Waals surface area contributed by atoms with Crippen molar-refractivity contribution in [2.75, 3.05) is 32.8 Å².